The molecule has 3 rings (SSSR count). The first kappa shape index (κ1) is 13.7. The fourth-order valence-electron chi connectivity index (χ4n) is 2.70. The van der Waals surface area contributed by atoms with E-state index in [0.29, 0.717) is 6.42 Å². The number of aromatic nitrogens is 2. The highest BCUT2D eigenvalue weighted by atomic mass is 16.3. The van der Waals surface area contributed by atoms with Gasteiger partial charge in [0.1, 0.15) is 0 Å². The molecule has 1 N–H and O–H groups in total. The minimum absolute atomic E-state index is 0.565. The van der Waals surface area contributed by atoms with Crippen molar-refractivity contribution in [3.63, 3.8) is 0 Å². The van der Waals surface area contributed by atoms with Crippen molar-refractivity contribution in [1.82, 2.24) is 10.2 Å². The van der Waals surface area contributed by atoms with E-state index in [1.165, 1.54) is 10.8 Å². The average Bonchev–Trinajstić information content (AvgIpc) is 2.50. The molecule has 3 nitrogen and oxygen atoms in total. The monoisotopic (exact) mass is 278 g/mol. The first-order chi connectivity index (χ1) is 10.1. The normalized spacial score (nSPS) is 12.5. The zero-order valence-electron chi connectivity index (χ0n) is 12.2. The third-order valence-electron chi connectivity index (χ3n) is 3.79. The first-order valence-electron chi connectivity index (χ1n) is 7.10. The van der Waals surface area contributed by atoms with E-state index in [1.807, 2.05) is 38.1 Å². The third kappa shape index (κ3) is 2.78. The van der Waals surface area contributed by atoms with Crippen molar-refractivity contribution in [3.05, 3.63) is 71.0 Å². The number of rotatable bonds is 3. The minimum atomic E-state index is -0.565. The van der Waals surface area contributed by atoms with Crippen LogP contribution in [0.4, 0.5) is 0 Å². The SMILES string of the molecule is Cc1cc(C(O)Cc2cccc3ccccc23)c(C)nn1. The Balaban J connectivity index is 1.96. The van der Waals surface area contributed by atoms with Gasteiger partial charge >= 0.3 is 0 Å². The second-order valence-corrected chi connectivity index (χ2v) is 5.38. The molecular formula is C18H18N2O. The highest BCUT2D eigenvalue weighted by Crippen LogP contribution is 2.25. The van der Waals surface area contributed by atoms with Crippen LogP contribution in [0.2, 0.25) is 0 Å². The van der Waals surface area contributed by atoms with Crippen molar-refractivity contribution >= 4 is 10.8 Å². The number of aryl methyl sites for hydroxylation is 2. The molecule has 0 bridgehead atoms. The second kappa shape index (κ2) is 5.62. The number of fused-ring (bicyclic) bond motifs is 1. The van der Waals surface area contributed by atoms with E-state index in [2.05, 4.69) is 34.5 Å². The lowest BCUT2D eigenvalue weighted by Gasteiger charge is -2.15. The van der Waals surface area contributed by atoms with Gasteiger partial charge in [-0.1, -0.05) is 42.5 Å². The highest BCUT2D eigenvalue weighted by Gasteiger charge is 2.14. The number of hydrogen-bond acceptors (Lipinski definition) is 3. The minimum Gasteiger partial charge on any atom is -0.388 e. The molecule has 0 saturated heterocycles. The summed E-state index contributed by atoms with van der Waals surface area (Å²) in [5.41, 5.74) is 3.62. The molecule has 0 saturated carbocycles. The quantitative estimate of drug-likeness (QED) is 0.797. The molecule has 3 heteroatoms. The van der Waals surface area contributed by atoms with Crippen LogP contribution in [0.5, 0.6) is 0 Å². The van der Waals surface area contributed by atoms with Gasteiger partial charge in [0.05, 0.1) is 17.5 Å². The molecular weight excluding hydrogens is 260 g/mol. The molecule has 0 amide bonds. The molecule has 0 aliphatic carbocycles. The Morgan fingerprint density at radius 1 is 1.00 bits per heavy atom. The Morgan fingerprint density at radius 2 is 1.76 bits per heavy atom. The predicted octanol–water partition coefficient (Wildman–Crippen LogP) is 3.52. The lowest BCUT2D eigenvalue weighted by Crippen LogP contribution is -2.07. The number of benzene rings is 2. The van der Waals surface area contributed by atoms with Crippen molar-refractivity contribution in [2.45, 2.75) is 26.4 Å². The van der Waals surface area contributed by atoms with Crippen molar-refractivity contribution in [1.29, 1.82) is 0 Å². The second-order valence-electron chi connectivity index (χ2n) is 5.38. The summed E-state index contributed by atoms with van der Waals surface area (Å²) in [4.78, 5) is 0. The van der Waals surface area contributed by atoms with Crippen LogP contribution in [0, 0.1) is 13.8 Å². The van der Waals surface area contributed by atoms with Gasteiger partial charge in [0, 0.05) is 12.0 Å². The Kier molecular flexibility index (Phi) is 3.67. The van der Waals surface area contributed by atoms with Gasteiger partial charge in [0.2, 0.25) is 0 Å². The van der Waals surface area contributed by atoms with Gasteiger partial charge < -0.3 is 5.11 Å². The summed E-state index contributed by atoms with van der Waals surface area (Å²) in [6, 6.07) is 16.4. The van der Waals surface area contributed by atoms with Crippen molar-refractivity contribution in [2.24, 2.45) is 0 Å². The molecule has 1 heterocycles. The summed E-state index contributed by atoms with van der Waals surface area (Å²) in [6.45, 7) is 3.77. The summed E-state index contributed by atoms with van der Waals surface area (Å²) >= 11 is 0. The van der Waals surface area contributed by atoms with Crippen molar-refractivity contribution < 1.29 is 5.11 Å². The van der Waals surface area contributed by atoms with E-state index in [4.69, 9.17) is 0 Å². The van der Waals surface area contributed by atoms with Gasteiger partial charge in [-0.15, -0.1) is 0 Å². The van der Waals surface area contributed by atoms with Crippen LogP contribution in [0.3, 0.4) is 0 Å². The Labute approximate surface area is 124 Å². The number of aliphatic hydroxyl groups is 1. The zero-order chi connectivity index (χ0) is 14.8. The van der Waals surface area contributed by atoms with E-state index in [9.17, 15) is 5.11 Å². The maximum Gasteiger partial charge on any atom is 0.0849 e. The van der Waals surface area contributed by atoms with Crippen LogP contribution in [-0.4, -0.2) is 15.3 Å². The summed E-state index contributed by atoms with van der Waals surface area (Å²) in [7, 11) is 0. The number of aliphatic hydroxyl groups excluding tert-OH is 1. The first-order valence-corrected chi connectivity index (χ1v) is 7.10. The molecule has 106 valence electrons. The molecule has 0 fully saturated rings. The average molecular weight is 278 g/mol. The van der Waals surface area contributed by atoms with Gasteiger partial charge in [0.15, 0.2) is 0 Å². The summed E-state index contributed by atoms with van der Waals surface area (Å²) in [6.07, 6.45) is 0.0119. The standard InChI is InChI=1S/C18H18N2O/c1-12-10-17(13(2)20-19-12)18(21)11-15-8-5-7-14-6-3-4-9-16(14)15/h3-10,18,21H,11H2,1-2H3. The van der Waals surface area contributed by atoms with Crippen LogP contribution in [0.1, 0.15) is 28.6 Å². The maximum atomic E-state index is 10.6. The van der Waals surface area contributed by atoms with Gasteiger partial charge in [-0.05, 0) is 36.2 Å². The molecule has 1 atom stereocenters. The molecule has 1 unspecified atom stereocenters. The Bertz CT molecular complexity index is 778. The molecule has 0 radical (unpaired) electrons. The summed E-state index contributed by atoms with van der Waals surface area (Å²) < 4.78 is 0. The molecule has 3 aromatic rings. The van der Waals surface area contributed by atoms with E-state index in [-0.39, 0.29) is 0 Å². The molecule has 0 aliphatic rings. The maximum absolute atomic E-state index is 10.6. The molecule has 0 spiro atoms. The topological polar surface area (TPSA) is 46.0 Å². The Hall–Kier alpha value is -2.26. The van der Waals surface area contributed by atoms with E-state index in [0.717, 1.165) is 22.5 Å². The van der Waals surface area contributed by atoms with Gasteiger partial charge in [-0.25, -0.2) is 0 Å². The lowest BCUT2D eigenvalue weighted by molar-refractivity contribution is 0.177. The summed E-state index contributed by atoms with van der Waals surface area (Å²) in [5.74, 6) is 0. The van der Waals surface area contributed by atoms with Gasteiger partial charge in [-0.3, -0.25) is 0 Å². The highest BCUT2D eigenvalue weighted by molar-refractivity contribution is 5.85. The fraction of sp³-hybridized carbons (Fsp3) is 0.222. The van der Waals surface area contributed by atoms with E-state index in [1.54, 1.807) is 0 Å². The number of hydrogen-bond donors (Lipinski definition) is 1. The van der Waals surface area contributed by atoms with Crippen LogP contribution in [0.25, 0.3) is 10.8 Å². The van der Waals surface area contributed by atoms with E-state index >= 15 is 0 Å². The third-order valence-corrected chi connectivity index (χ3v) is 3.79. The van der Waals surface area contributed by atoms with E-state index < -0.39 is 6.10 Å². The van der Waals surface area contributed by atoms with Gasteiger partial charge in [-0.2, -0.15) is 10.2 Å². The largest absolute Gasteiger partial charge is 0.388 e. The van der Waals surface area contributed by atoms with Crippen LogP contribution in [0.15, 0.2) is 48.5 Å². The van der Waals surface area contributed by atoms with Crippen LogP contribution < -0.4 is 0 Å². The summed E-state index contributed by atoms with van der Waals surface area (Å²) in [5, 5.41) is 21.1. The van der Waals surface area contributed by atoms with Crippen molar-refractivity contribution in [2.75, 3.05) is 0 Å². The predicted molar refractivity (Wildman–Crippen MR) is 84.1 cm³/mol. The molecule has 1 aromatic heterocycles. The van der Waals surface area contributed by atoms with Gasteiger partial charge in [0.25, 0.3) is 0 Å². The Morgan fingerprint density at radius 3 is 2.62 bits per heavy atom. The van der Waals surface area contributed by atoms with Crippen molar-refractivity contribution in [3.8, 4) is 0 Å². The number of nitrogens with zero attached hydrogens (tertiary/aromatic N) is 2. The molecule has 21 heavy (non-hydrogen) atoms. The molecule has 2 aromatic carbocycles. The lowest BCUT2D eigenvalue weighted by atomic mass is 9.96. The van der Waals surface area contributed by atoms with Crippen LogP contribution in [-0.2, 0) is 6.42 Å². The zero-order valence-corrected chi connectivity index (χ0v) is 12.2. The smallest absolute Gasteiger partial charge is 0.0849 e. The van der Waals surface area contributed by atoms with Crippen LogP contribution >= 0.6 is 0 Å². The fourth-order valence-corrected chi connectivity index (χ4v) is 2.70. The molecule has 0 aliphatic heterocycles.